The van der Waals surface area contributed by atoms with Gasteiger partial charge >= 0.3 is 0 Å². The molecule has 106 valence electrons. The molecule has 0 amide bonds. The number of benzene rings is 2. The van der Waals surface area contributed by atoms with Gasteiger partial charge < -0.3 is 5.32 Å². The molecule has 3 nitrogen and oxygen atoms in total. The van der Waals surface area contributed by atoms with Crippen molar-refractivity contribution in [1.29, 1.82) is 0 Å². The van der Waals surface area contributed by atoms with E-state index in [-0.39, 0.29) is 6.04 Å². The van der Waals surface area contributed by atoms with Crippen LogP contribution in [0.3, 0.4) is 0 Å². The molecule has 3 aromatic rings. The summed E-state index contributed by atoms with van der Waals surface area (Å²) in [5.41, 5.74) is 3.80. The van der Waals surface area contributed by atoms with Crippen LogP contribution in [0.5, 0.6) is 0 Å². The normalized spacial score (nSPS) is 12.3. The fraction of sp³-hybridized carbons (Fsp3) is 0.176. The fourth-order valence-electron chi connectivity index (χ4n) is 2.29. The highest BCUT2D eigenvalue weighted by molar-refractivity contribution is 6.18. The maximum absolute atomic E-state index is 6.11. The zero-order chi connectivity index (χ0) is 14.7. The molecule has 1 aromatic heterocycles. The van der Waals surface area contributed by atoms with Crippen molar-refractivity contribution in [3.05, 3.63) is 65.9 Å². The molecule has 1 unspecified atom stereocenters. The molecule has 0 aliphatic heterocycles. The van der Waals surface area contributed by atoms with Crippen molar-refractivity contribution >= 4 is 28.5 Å². The van der Waals surface area contributed by atoms with E-state index in [9.17, 15) is 0 Å². The first kappa shape index (κ1) is 13.8. The smallest absolute Gasteiger partial charge is 0.148 e. The topological polar surface area (TPSA) is 37.8 Å². The standard InChI is InChI=1S/C17H16ClN3/c1-12-17(20-15-10-6-5-9-14(15)19-12)21-16(11-18)13-7-3-2-4-8-13/h2-10,16H,11H2,1H3,(H,20,21). The summed E-state index contributed by atoms with van der Waals surface area (Å²) in [4.78, 5) is 9.24. The van der Waals surface area contributed by atoms with Crippen molar-refractivity contribution in [1.82, 2.24) is 9.97 Å². The molecule has 1 heterocycles. The molecule has 2 aromatic carbocycles. The quantitative estimate of drug-likeness (QED) is 0.728. The molecule has 1 N–H and O–H groups in total. The Morgan fingerprint density at radius 2 is 1.57 bits per heavy atom. The van der Waals surface area contributed by atoms with Crippen LogP contribution in [-0.4, -0.2) is 15.8 Å². The average molecular weight is 298 g/mol. The summed E-state index contributed by atoms with van der Waals surface area (Å²) in [6.07, 6.45) is 0. The number of nitrogens with one attached hydrogen (secondary N) is 1. The van der Waals surface area contributed by atoms with Crippen LogP contribution in [0, 0.1) is 6.92 Å². The Hall–Kier alpha value is -2.13. The largest absolute Gasteiger partial charge is 0.361 e. The molecule has 21 heavy (non-hydrogen) atoms. The first-order chi connectivity index (χ1) is 10.3. The summed E-state index contributed by atoms with van der Waals surface area (Å²) in [6, 6.07) is 18.0. The Morgan fingerprint density at radius 3 is 2.24 bits per heavy atom. The van der Waals surface area contributed by atoms with Crippen LogP contribution in [0.4, 0.5) is 5.82 Å². The molecule has 0 aliphatic carbocycles. The Balaban J connectivity index is 1.95. The number of halogens is 1. The van der Waals surface area contributed by atoms with E-state index in [0.717, 1.165) is 28.1 Å². The second-order valence-electron chi connectivity index (χ2n) is 4.91. The molecular formula is C17H16ClN3. The average Bonchev–Trinajstić information content (AvgIpc) is 2.53. The lowest BCUT2D eigenvalue weighted by Gasteiger charge is -2.18. The van der Waals surface area contributed by atoms with Gasteiger partial charge in [0.2, 0.25) is 0 Å². The minimum atomic E-state index is 0.0158. The first-order valence-electron chi connectivity index (χ1n) is 6.89. The molecule has 4 heteroatoms. The third kappa shape index (κ3) is 2.98. The van der Waals surface area contributed by atoms with Gasteiger partial charge in [-0.3, -0.25) is 0 Å². The molecule has 0 radical (unpaired) electrons. The number of nitrogens with zero attached hydrogens (tertiary/aromatic N) is 2. The SMILES string of the molecule is Cc1nc2ccccc2nc1NC(CCl)c1ccccc1. The van der Waals surface area contributed by atoms with Crippen LogP contribution in [0.1, 0.15) is 17.3 Å². The van der Waals surface area contributed by atoms with Crippen LogP contribution in [-0.2, 0) is 0 Å². The molecule has 0 aliphatic rings. The van der Waals surface area contributed by atoms with E-state index in [1.165, 1.54) is 0 Å². The monoisotopic (exact) mass is 297 g/mol. The van der Waals surface area contributed by atoms with Crippen LogP contribution in [0.25, 0.3) is 11.0 Å². The van der Waals surface area contributed by atoms with Gasteiger partial charge in [0.15, 0.2) is 0 Å². The van der Waals surface area contributed by atoms with E-state index in [1.54, 1.807) is 0 Å². The molecule has 0 saturated carbocycles. The highest BCUT2D eigenvalue weighted by Crippen LogP contribution is 2.23. The zero-order valence-corrected chi connectivity index (χ0v) is 12.5. The number of para-hydroxylation sites is 2. The van der Waals surface area contributed by atoms with Crippen LogP contribution in [0.15, 0.2) is 54.6 Å². The molecule has 0 fully saturated rings. The van der Waals surface area contributed by atoms with Crippen molar-refractivity contribution in [2.75, 3.05) is 11.2 Å². The summed E-state index contributed by atoms with van der Waals surface area (Å²) in [6.45, 7) is 1.96. The van der Waals surface area contributed by atoms with Gasteiger partial charge in [0.1, 0.15) is 5.82 Å². The molecule has 0 spiro atoms. The third-order valence-corrected chi connectivity index (χ3v) is 3.72. The summed E-state index contributed by atoms with van der Waals surface area (Å²) >= 11 is 6.11. The van der Waals surface area contributed by atoms with Crippen molar-refractivity contribution in [2.24, 2.45) is 0 Å². The number of anilines is 1. The summed E-state index contributed by atoms with van der Waals surface area (Å²) in [5.74, 6) is 1.25. The number of alkyl halides is 1. The van der Waals surface area contributed by atoms with Crippen molar-refractivity contribution in [3.63, 3.8) is 0 Å². The van der Waals surface area contributed by atoms with Crippen LogP contribution < -0.4 is 5.32 Å². The van der Waals surface area contributed by atoms with Crippen LogP contribution in [0.2, 0.25) is 0 Å². The highest BCUT2D eigenvalue weighted by Gasteiger charge is 2.13. The first-order valence-corrected chi connectivity index (χ1v) is 7.42. The van der Waals surface area contributed by atoms with E-state index in [4.69, 9.17) is 11.6 Å². The Bertz CT molecular complexity index is 743. The summed E-state index contributed by atoms with van der Waals surface area (Å²) in [5, 5.41) is 3.40. The lowest BCUT2D eigenvalue weighted by molar-refractivity contribution is 0.878. The molecule has 3 rings (SSSR count). The zero-order valence-electron chi connectivity index (χ0n) is 11.8. The van der Waals surface area contributed by atoms with E-state index in [1.807, 2.05) is 49.4 Å². The number of hydrogen-bond donors (Lipinski definition) is 1. The third-order valence-electron chi connectivity index (χ3n) is 3.41. The van der Waals surface area contributed by atoms with E-state index in [0.29, 0.717) is 5.88 Å². The molecule has 0 saturated heterocycles. The van der Waals surface area contributed by atoms with E-state index >= 15 is 0 Å². The van der Waals surface area contributed by atoms with Crippen molar-refractivity contribution in [3.8, 4) is 0 Å². The predicted octanol–water partition coefficient (Wildman–Crippen LogP) is 4.33. The number of aryl methyl sites for hydroxylation is 1. The highest BCUT2D eigenvalue weighted by atomic mass is 35.5. The minimum Gasteiger partial charge on any atom is -0.361 e. The van der Waals surface area contributed by atoms with Gasteiger partial charge in [0.05, 0.1) is 22.8 Å². The van der Waals surface area contributed by atoms with Crippen LogP contribution >= 0.6 is 11.6 Å². The number of aromatic nitrogens is 2. The van der Waals surface area contributed by atoms with E-state index < -0.39 is 0 Å². The van der Waals surface area contributed by atoms with Gasteiger partial charge in [-0.2, -0.15) is 0 Å². The second kappa shape index (κ2) is 6.10. The summed E-state index contributed by atoms with van der Waals surface area (Å²) < 4.78 is 0. The van der Waals surface area contributed by atoms with Gasteiger partial charge in [0, 0.05) is 5.88 Å². The van der Waals surface area contributed by atoms with Gasteiger partial charge in [-0.15, -0.1) is 11.6 Å². The lowest BCUT2D eigenvalue weighted by Crippen LogP contribution is -2.14. The van der Waals surface area contributed by atoms with Gasteiger partial charge in [-0.1, -0.05) is 42.5 Å². The number of rotatable bonds is 4. The molecular weight excluding hydrogens is 282 g/mol. The van der Waals surface area contributed by atoms with Crippen molar-refractivity contribution in [2.45, 2.75) is 13.0 Å². The maximum Gasteiger partial charge on any atom is 0.148 e. The summed E-state index contributed by atoms with van der Waals surface area (Å²) in [7, 11) is 0. The number of fused-ring (bicyclic) bond motifs is 1. The lowest BCUT2D eigenvalue weighted by atomic mass is 10.1. The Morgan fingerprint density at radius 1 is 0.952 bits per heavy atom. The second-order valence-corrected chi connectivity index (χ2v) is 5.22. The molecule has 0 bridgehead atoms. The van der Waals surface area contributed by atoms with Gasteiger partial charge in [-0.25, -0.2) is 9.97 Å². The maximum atomic E-state index is 6.11. The Labute approximate surface area is 129 Å². The molecule has 1 atom stereocenters. The predicted molar refractivity (Wildman–Crippen MR) is 87.8 cm³/mol. The minimum absolute atomic E-state index is 0.0158. The van der Waals surface area contributed by atoms with Gasteiger partial charge in [0.25, 0.3) is 0 Å². The fourth-order valence-corrected chi connectivity index (χ4v) is 2.54. The van der Waals surface area contributed by atoms with Crippen molar-refractivity contribution < 1.29 is 0 Å². The van der Waals surface area contributed by atoms with E-state index in [2.05, 4.69) is 27.4 Å². The van der Waals surface area contributed by atoms with Gasteiger partial charge in [-0.05, 0) is 24.6 Å². The Kier molecular flexibility index (Phi) is 4.02. The number of hydrogen-bond acceptors (Lipinski definition) is 3.